The molecule has 0 amide bonds. The highest BCUT2D eigenvalue weighted by Crippen LogP contribution is 2.30. The summed E-state index contributed by atoms with van der Waals surface area (Å²) in [7, 11) is 3.20. The van der Waals surface area contributed by atoms with Crippen LogP contribution in [-0.2, 0) is 6.42 Å². The van der Waals surface area contributed by atoms with Gasteiger partial charge in [0, 0.05) is 17.2 Å². The van der Waals surface area contributed by atoms with E-state index < -0.39 is 0 Å². The Morgan fingerprint density at radius 2 is 1.74 bits per heavy atom. The number of allylic oxidation sites excluding steroid dienone is 3. The lowest BCUT2D eigenvalue weighted by molar-refractivity contribution is 0.104. The maximum Gasteiger partial charge on any atom is 0.185 e. The van der Waals surface area contributed by atoms with Crippen LogP contribution in [0.5, 0.6) is 17.2 Å². The minimum Gasteiger partial charge on any atom is -0.496 e. The number of carbonyl (C=O) groups excluding carboxylic acids is 1. The lowest BCUT2D eigenvalue weighted by atomic mass is 10.0. The summed E-state index contributed by atoms with van der Waals surface area (Å²) in [5, 5.41) is 0. The first-order valence-corrected chi connectivity index (χ1v) is 8.50. The predicted octanol–water partition coefficient (Wildman–Crippen LogP) is 5.24. The third-order valence-electron chi connectivity index (χ3n) is 3.84. The monoisotopic (exact) mass is 364 g/mol. The second-order valence-electron chi connectivity index (χ2n) is 5.92. The van der Waals surface area contributed by atoms with Crippen molar-refractivity contribution < 1.29 is 19.0 Å². The Bertz CT molecular complexity index is 861. The summed E-state index contributed by atoms with van der Waals surface area (Å²) in [5.41, 5.74) is 2.34. The minimum atomic E-state index is -0.111. The fraction of sp³-hybridized carbons (Fsp3) is 0.174. The molecule has 27 heavy (non-hydrogen) atoms. The Kier molecular flexibility index (Phi) is 7.00. The lowest BCUT2D eigenvalue weighted by Gasteiger charge is -2.12. The van der Waals surface area contributed by atoms with Gasteiger partial charge in [-0.2, -0.15) is 0 Å². The first-order valence-electron chi connectivity index (χ1n) is 8.50. The number of carbonyl (C=O) groups is 1. The van der Waals surface area contributed by atoms with Crippen molar-refractivity contribution in [3.05, 3.63) is 84.2 Å². The Balaban J connectivity index is 2.25. The van der Waals surface area contributed by atoms with Crippen LogP contribution in [0.2, 0.25) is 0 Å². The van der Waals surface area contributed by atoms with Gasteiger partial charge in [-0.25, -0.2) is 0 Å². The van der Waals surface area contributed by atoms with Crippen LogP contribution in [-0.4, -0.2) is 20.0 Å². The van der Waals surface area contributed by atoms with Gasteiger partial charge in [-0.05, 0) is 61.4 Å². The van der Waals surface area contributed by atoms with Crippen LogP contribution in [0.25, 0.3) is 6.08 Å². The molecular formula is C23H24O4. The molecule has 0 aliphatic rings. The molecule has 0 fully saturated rings. The molecule has 140 valence electrons. The van der Waals surface area contributed by atoms with Crippen LogP contribution in [0.1, 0.15) is 28.4 Å². The number of rotatable bonds is 9. The Morgan fingerprint density at radius 1 is 1.07 bits per heavy atom. The van der Waals surface area contributed by atoms with E-state index in [4.69, 9.17) is 14.2 Å². The van der Waals surface area contributed by atoms with Crippen LogP contribution < -0.4 is 14.2 Å². The smallest absolute Gasteiger partial charge is 0.185 e. The SMILES string of the molecule is C=CCc1cc(C=CC(=O)c2ccc(OC(=C)C)cc2)c(OC)cc1OC. The molecular weight excluding hydrogens is 340 g/mol. The number of hydrogen-bond acceptors (Lipinski definition) is 4. The van der Waals surface area contributed by atoms with E-state index in [1.54, 1.807) is 57.6 Å². The van der Waals surface area contributed by atoms with Crippen molar-refractivity contribution in [2.24, 2.45) is 0 Å². The maximum atomic E-state index is 12.5. The Morgan fingerprint density at radius 3 is 2.30 bits per heavy atom. The maximum absolute atomic E-state index is 12.5. The van der Waals surface area contributed by atoms with Crippen molar-refractivity contribution in [3.63, 3.8) is 0 Å². The zero-order chi connectivity index (χ0) is 19.8. The summed E-state index contributed by atoms with van der Waals surface area (Å²) in [6.45, 7) is 9.23. The molecule has 0 aliphatic carbocycles. The van der Waals surface area contributed by atoms with Gasteiger partial charge in [-0.1, -0.05) is 12.7 Å². The average Bonchev–Trinajstić information content (AvgIpc) is 2.66. The molecule has 0 saturated carbocycles. The van der Waals surface area contributed by atoms with Crippen LogP contribution >= 0.6 is 0 Å². The van der Waals surface area contributed by atoms with E-state index in [1.807, 2.05) is 12.1 Å². The van der Waals surface area contributed by atoms with Crippen molar-refractivity contribution in [1.29, 1.82) is 0 Å². The summed E-state index contributed by atoms with van der Waals surface area (Å²) < 4.78 is 16.2. The van der Waals surface area contributed by atoms with E-state index in [2.05, 4.69) is 13.2 Å². The van der Waals surface area contributed by atoms with E-state index >= 15 is 0 Å². The largest absolute Gasteiger partial charge is 0.496 e. The van der Waals surface area contributed by atoms with E-state index in [1.165, 1.54) is 6.08 Å². The van der Waals surface area contributed by atoms with E-state index in [0.717, 1.165) is 16.9 Å². The molecule has 0 heterocycles. The van der Waals surface area contributed by atoms with Gasteiger partial charge in [0.25, 0.3) is 0 Å². The van der Waals surface area contributed by atoms with Crippen molar-refractivity contribution in [3.8, 4) is 17.2 Å². The highest BCUT2D eigenvalue weighted by molar-refractivity contribution is 6.07. The van der Waals surface area contributed by atoms with E-state index in [0.29, 0.717) is 29.2 Å². The molecule has 0 atom stereocenters. The fourth-order valence-corrected chi connectivity index (χ4v) is 2.59. The van der Waals surface area contributed by atoms with Gasteiger partial charge < -0.3 is 14.2 Å². The number of ether oxygens (including phenoxy) is 3. The molecule has 2 rings (SSSR count). The normalized spacial score (nSPS) is 10.5. The van der Waals surface area contributed by atoms with E-state index in [9.17, 15) is 4.79 Å². The molecule has 4 heteroatoms. The van der Waals surface area contributed by atoms with Gasteiger partial charge in [-0.15, -0.1) is 6.58 Å². The number of methoxy groups -OCH3 is 2. The van der Waals surface area contributed by atoms with Crippen molar-refractivity contribution >= 4 is 11.9 Å². The second-order valence-corrected chi connectivity index (χ2v) is 5.92. The summed E-state index contributed by atoms with van der Waals surface area (Å²) in [5.74, 6) is 2.49. The first kappa shape index (κ1) is 20.0. The minimum absolute atomic E-state index is 0.111. The number of benzene rings is 2. The van der Waals surface area contributed by atoms with Gasteiger partial charge in [0.2, 0.25) is 0 Å². The van der Waals surface area contributed by atoms with Crippen LogP contribution in [0, 0.1) is 0 Å². The molecule has 0 N–H and O–H groups in total. The molecule has 0 aromatic heterocycles. The topological polar surface area (TPSA) is 44.8 Å². The van der Waals surface area contributed by atoms with Gasteiger partial charge >= 0.3 is 0 Å². The lowest BCUT2D eigenvalue weighted by Crippen LogP contribution is -1.97. The Hall–Kier alpha value is -3.27. The first-order chi connectivity index (χ1) is 13.0. The van der Waals surface area contributed by atoms with Crippen molar-refractivity contribution in [2.75, 3.05) is 14.2 Å². The summed E-state index contributed by atoms with van der Waals surface area (Å²) in [6.07, 6.45) is 5.73. The third kappa shape index (κ3) is 5.35. The molecule has 0 bridgehead atoms. The molecule has 0 saturated heterocycles. The fourth-order valence-electron chi connectivity index (χ4n) is 2.59. The molecule has 0 aliphatic heterocycles. The van der Waals surface area contributed by atoms with Gasteiger partial charge in [0.05, 0.1) is 20.0 Å². The molecule has 0 spiro atoms. The molecule has 2 aromatic rings. The molecule has 2 aromatic carbocycles. The second kappa shape index (κ2) is 9.43. The predicted molar refractivity (Wildman–Crippen MR) is 109 cm³/mol. The summed E-state index contributed by atoms with van der Waals surface area (Å²) >= 11 is 0. The van der Waals surface area contributed by atoms with E-state index in [-0.39, 0.29) is 5.78 Å². The molecule has 4 nitrogen and oxygen atoms in total. The highest BCUT2D eigenvalue weighted by atomic mass is 16.5. The number of ketones is 1. The number of hydrogen-bond donors (Lipinski definition) is 0. The standard InChI is InChI=1S/C23H24O4/c1-6-7-18-14-19(23(26-5)15-22(18)25-4)10-13-21(24)17-8-11-20(12-9-17)27-16(2)3/h6,8-15H,1-2,7H2,3-5H3. The Labute approximate surface area is 160 Å². The molecule has 0 radical (unpaired) electrons. The quantitative estimate of drug-likeness (QED) is 0.264. The van der Waals surface area contributed by atoms with Crippen LogP contribution in [0.3, 0.4) is 0 Å². The summed E-state index contributed by atoms with van der Waals surface area (Å²) in [4.78, 5) is 12.5. The zero-order valence-corrected chi connectivity index (χ0v) is 16.0. The van der Waals surface area contributed by atoms with Crippen LogP contribution in [0.15, 0.2) is 67.5 Å². The van der Waals surface area contributed by atoms with Gasteiger partial charge in [0.15, 0.2) is 5.78 Å². The van der Waals surface area contributed by atoms with Gasteiger partial charge in [0.1, 0.15) is 17.2 Å². The van der Waals surface area contributed by atoms with Crippen LogP contribution in [0.4, 0.5) is 0 Å². The van der Waals surface area contributed by atoms with Crippen molar-refractivity contribution in [1.82, 2.24) is 0 Å². The zero-order valence-electron chi connectivity index (χ0n) is 16.0. The highest BCUT2D eigenvalue weighted by Gasteiger charge is 2.10. The van der Waals surface area contributed by atoms with Gasteiger partial charge in [-0.3, -0.25) is 4.79 Å². The summed E-state index contributed by atoms with van der Waals surface area (Å²) in [6, 6.07) is 10.7. The molecule has 0 unspecified atom stereocenters. The van der Waals surface area contributed by atoms with Crippen molar-refractivity contribution in [2.45, 2.75) is 13.3 Å². The average molecular weight is 364 g/mol. The third-order valence-corrected chi connectivity index (χ3v) is 3.84.